The highest BCUT2D eigenvalue weighted by Crippen LogP contribution is 2.21. The molecule has 0 unspecified atom stereocenters. The zero-order valence-corrected chi connectivity index (χ0v) is 15.5. The third-order valence-corrected chi connectivity index (χ3v) is 3.95. The lowest BCUT2D eigenvalue weighted by atomic mass is 10.1. The minimum Gasteiger partial charge on any atom is -0.494 e. The van der Waals surface area contributed by atoms with Gasteiger partial charge in [0.05, 0.1) is 6.61 Å². The molecule has 2 aromatic rings. The normalized spacial score (nSPS) is 11.7. The van der Waals surface area contributed by atoms with Crippen LogP contribution in [0, 0.1) is 13.8 Å². The molecule has 0 spiro atoms. The lowest BCUT2D eigenvalue weighted by molar-refractivity contribution is -0.128. The first-order chi connectivity index (χ1) is 12.0. The molecule has 0 bridgehead atoms. The molecule has 1 N–H and O–H groups in total. The van der Waals surface area contributed by atoms with Gasteiger partial charge in [0.25, 0.3) is 5.91 Å². The zero-order valence-electron chi connectivity index (χ0n) is 15.5. The van der Waals surface area contributed by atoms with Gasteiger partial charge >= 0.3 is 0 Å². The molecule has 4 heteroatoms. The van der Waals surface area contributed by atoms with E-state index in [1.807, 2.05) is 70.2 Å². The first kappa shape index (κ1) is 18.8. The van der Waals surface area contributed by atoms with Crippen molar-refractivity contribution in [1.82, 2.24) is 5.32 Å². The molecule has 0 radical (unpaired) electrons. The van der Waals surface area contributed by atoms with E-state index >= 15 is 0 Å². The van der Waals surface area contributed by atoms with E-state index in [0.29, 0.717) is 19.6 Å². The molecule has 1 amide bonds. The summed E-state index contributed by atoms with van der Waals surface area (Å²) in [7, 11) is 0. The SMILES string of the molecule is CCOc1cccc(CNC(=O)[C@H](CC)Oc2cc(C)ccc2C)c1. The number of hydrogen-bond donors (Lipinski definition) is 1. The summed E-state index contributed by atoms with van der Waals surface area (Å²) in [4.78, 5) is 12.5. The summed E-state index contributed by atoms with van der Waals surface area (Å²) >= 11 is 0. The first-order valence-corrected chi connectivity index (χ1v) is 8.76. The van der Waals surface area contributed by atoms with Crippen LogP contribution in [0.25, 0.3) is 0 Å². The molecule has 0 saturated carbocycles. The standard InChI is InChI=1S/C21H27NO3/c1-5-19(25-20-12-15(3)10-11-16(20)4)21(23)22-14-17-8-7-9-18(13-17)24-6-2/h7-13,19H,5-6,14H2,1-4H3,(H,22,23)/t19-/m0/s1. The summed E-state index contributed by atoms with van der Waals surface area (Å²) in [5.74, 6) is 1.47. The van der Waals surface area contributed by atoms with Crippen LogP contribution in [0.2, 0.25) is 0 Å². The number of aryl methyl sites for hydroxylation is 2. The summed E-state index contributed by atoms with van der Waals surface area (Å²) in [5.41, 5.74) is 3.14. The van der Waals surface area contributed by atoms with Gasteiger partial charge in [-0.1, -0.05) is 31.2 Å². The quantitative estimate of drug-likeness (QED) is 0.784. The van der Waals surface area contributed by atoms with Crippen molar-refractivity contribution in [3.05, 3.63) is 59.2 Å². The smallest absolute Gasteiger partial charge is 0.261 e. The fourth-order valence-corrected chi connectivity index (χ4v) is 2.52. The van der Waals surface area contributed by atoms with E-state index in [-0.39, 0.29) is 5.91 Å². The molecule has 0 aliphatic carbocycles. The van der Waals surface area contributed by atoms with Crippen molar-refractivity contribution in [2.24, 2.45) is 0 Å². The predicted octanol–water partition coefficient (Wildman–Crippen LogP) is 4.18. The van der Waals surface area contributed by atoms with Gasteiger partial charge in [-0.25, -0.2) is 0 Å². The molecule has 0 aliphatic heterocycles. The van der Waals surface area contributed by atoms with E-state index in [9.17, 15) is 4.79 Å². The second-order valence-electron chi connectivity index (χ2n) is 6.08. The minimum atomic E-state index is -0.504. The summed E-state index contributed by atoms with van der Waals surface area (Å²) < 4.78 is 11.4. The largest absolute Gasteiger partial charge is 0.494 e. The molecule has 0 saturated heterocycles. The van der Waals surface area contributed by atoms with Crippen LogP contribution in [0.5, 0.6) is 11.5 Å². The number of carbonyl (C=O) groups excluding carboxylic acids is 1. The topological polar surface area (TPSA) is 47.6 Å². The molecule has 0 heterocycles. The zero-order chi connectivity index (χ0) is 18.2. The van der Waals surface area contributed by atoms with E-state index in [1.54, 1.807) is 0 Å². The second-order valence-corrected chi connectivity index (χ2v) is 6.08. The molecule has 2 rings (SSSR count). The molecule has 0 aromatic heterocycles. The number of carbonyl (C=O) groups is 1. The number of benzene rings is 2. The minimum absolute atomic E-state index is 0.106. The first-order valence-electron chi connectivity index (χ1n) is 8.76. The fraction of sp³-hybridized carbons (Fsp3) is 0.381. The van der Waals surface area contributed by atoms with E-state index in [2.05, 4.69) is 5.32 Å². The molecule has 1 atom stereocenters. The van der Waals surface area contributed by atoms with E-state index in [1.165, 1.54) is 0 Å². The van der Waals surface area contributed by atoms with Crippen LogP contribution < -0.4 is 14.8 Å². The van der Waals surface area contributed by atoms with Crippen molar-refractivity contribution < 1.29 is 14.3 Å². The van der Waals surface area contributed by atoms with Crippen LogP contribution in [0.1, 0.15) is 37.0 Å². The molecule has 25 heavy (non-hydrogen) atoms. The Morgan fingerprint density at radius 1 is 1.12 bits per heavy atom. The van der Waals surface area contributed by atoms with Crippen molar-refractivity contribution >= 4 is 5.91 Å². The van der Waals surface area contributed by atoms with Crippen LogP contribution in [-0.4, -0.2) is 18.6 Å². The van der Waals surface area contributed by atoms with Gasteiger partial charge < -0.3 is 14.8 Å². The molecule has 0 fully saturated rings. The van der Waals surface area contributed by atoms with Gasteiger partial charge in [0.2, 0.25) is 0 Å². The molecular weight excluding hydrogens is 314 g/mol. The number of nitrogens with one attached hydrogen (secondary N) is 1. The van der Waals surface area contributed by atoms with E-state index in [0.717, 1.165) is 28.2 Å². The average molecular weight is 341 g/mol. The van der Waals surface area contributed by atoms with Gasteiger partial charge in [-0.2, -0.15) is 0 Å². The van der Waals surface area contributed by atoms with Gasteiger partial charge in [0.15, 0.2) is 6.10 Å². The van der Waals surface area contributed by atoms with Crippen LogP contribution in [0.4, 0.5) is 0 Å². The Bertz CT molecular complexity index is 712. The number of rotatable bonds is 8. The Kier molecular flexibility index (Phi) is 6.87. The third-order valence-electron chi connectivity index (χ3n) is 3.95. The summed E-state index contributed by atoms with van der Waals surface area (Å²) in [5, 5.41) is 2.95. The summed E-state index contributed by atoms with van der Waals surface area (Å²) in [6.45, 7) is 8.97. The van der Waals surface area contributed by atoms with E-state index < -0.39 is 6.10 Å². The van der Waals surface area contributed by atoms with Crippen LogP contribution in [0.15, 0.2) is 42.5 Å². The maximum Gasteiger partial charge on any atom is 0.261 e. The molecule has 0 aliphatic rings. The molecule has 2 aromatic carbocycles. The lowest BCUT2D eigenvalue weighted by Gasteiger charge is -2.19. The maximum absolute atomic E-state index is 12.5. The third kappa shape index (κ3) is 5.52. The molecule has 134 valence electrons. The van der Waals surface area contributed by atoms with Crippen LogP contribution >= 0.6 is 0 Å². The summed E-state index contributed by atoms with van der Waals surface area (Å²) in [6.07, 6.45) is 0.105. The van der Waals surface area contributed by atoms with Gasteiger partial charge in [0, 0.05) is 6.54 Å². The van der Waals surface area contributed by atoms with E-state index in [4.69, 9.17) is 9.47 Å². The fourth-order valence-electron chi connectivity index (χ4n) is 2.52. The van der Waals surface area contributed by atoms with Gasteiger partial charge in [0.1, 0.15) is 11.5 Å². The number of amides is 1. The number of ether oxygens (including phenoxy) is 2. The van der Waals surface area contributed by atoms with Crippen molar-refractivity contribution in [3.63, 3.8) is 0 Å². The average Bonchev–Trinajstić information content (AvgIpc) is 2.61. The van der Waals surface area contributed by atoms with Crippen molar-refractivity contribution in [3.8, 4) is 11.5 Å². The van der Waals surface area contributed by atoms with Gasteiger partial charge in [-0.05, 0) is 62.1 Å². The van der Waals surface area contributed by atoms with Crippen molar-refractivity contribution in [2.45, 2.75) is 46.8 Å². The monoisotopic (exact) mass is 341 g/mol. The van der Waals surface area contributed by atoms with Gasteiger partial charge in [-0.15, -0.1) is 0 Å². The van der Waals surface area contributed by atoms with Crippen LogP contribution in [-0.2, 0) is 11.3 Å². The van der Waals surface area contributed by atoms with Crippen LogP contribution in [0.3, 0.4) is 0 Å². The van der Waals surface area contributed by atoms with Crippen molar-refractivity contribution in [2.75, 3.05) is 6.61 Å². The Morgan fingerprint density at radius 3 is 2.64 bits per heavy atom. The Balaban J connectivity index is 1.98. The summed E-state index contributed by atoms with van der Waals surface area (Å²) in [6, 6.07) is 13.8. The lowest BCUT2D eigenvalue weighted by Crippen LogP contribution is -2.37. The highest BCUT2D eigenvalue weighted by Gasteiger charge is 2.19. The Labute approximate surface area is 150 Å². The highest BCUT2D eigenvalue weighted by atomic mass is 16.5. The van der Waals surface area contributed by atoms with Crippen molar-refractivity contribution in [1.29, 1.82) is 0 Å². The highest BCUT2D eigenvalue weighted by molar-refractivity contribution is 5.81. The maximum atomic E-state index is 12.5. The Morgan fingerprint density at radius 2 is 1.92 bits per heavy atom. The second kappa shape index (κ2) is 9.11. The Hall–Kier alpha value is -2.49. The number of hydrogen-bond acceptors (Lipinski definition) is 3. The predicted molar refractivity (Wildman–Crippen MR) is 100 cm³/mol. The molecular formula is C21H27NO3. The molecule has 4 nitrogen and oxygen atoms in total. The van der Waals surface area contributed by atoms with Gasteiger partial charge in [-0.3, -0.25) is 4.79 Å².